The number of aliphatic hydroxyl groups excluding tert-OH is 1. The third-order valence-corrected chi connectivity index (χ3v) is 6.22. The van der Waals surface area contributed by atoms with E-state index in [2.05, 4.69) is 21.7 Å². The second-order valence-corrected chi connectivity index (χ2v) is 7.37. The van der Waals surface area contributed by atoms with Crippen molar-refractivity contribution in [1.82, 2.24) is 14.5 Å². The smallest absolute Gasteiger partial charge is 0.407 e. The van der Waals surface area contributed by atoms with E-state index < -0.39 is 12.2 Å². The van der Waals surface area contributed by atoms with Gasteiger partial charge in [-0.1, -0.05) is 24.3 Å². The first-order valence-corrected chi connectivity index (χ1v) is 8.38. The number of carbonyl (C=O) groups is 1. The molecule has 2 aromatic rings. The van der Waals surface area contributed by atoms with Crippen LogP contribution in [0, 0.1) is 11.3 Å². The highest BCUT2D eigenvalue weighted by Crippen LogP contribution is 2.55. The lowest BCUT2D eigenvalue weighted by atomic mass is 9.74. The standard InChI is InChI=1S/C18H19N3O3/c22-16-13(5-6-18(16)8-20(9-18)17(23)24)15-12-4-2-1-3-11(12)14-7-19-10-21(14)15/h1-4,7,10,13,15-16,22H,5-6,8-9H2,(H,23,24). The molecule has 1 aromatic carbocycles. The molecule has 1 spiro atoms. The van der Waals surface area contributed by atoms with Crippen molar-refractivity contribution >= 4 is 6.09 Å². The maximum absolute atomic E-state index is 11.1. The van der Waals surface area contributed by atoms with E-state index in [0.29, 0.717) is 13.1 Å². The fourth-order valence-electron chi connectivity index (χ4n) is 5.05. The van der Waals surface area contributed by atoms with Gasteiger partial charge in [0.05, 0.1) is 30.4 Å². The highest BCUT2D eigenvalue weighted by atomic mass is 16.4. The highest BCUT2D eigenvalue weighted by molar-refractivity contribution is 5.69. The molecule has 2 aliphatic heterocycles. The molecule has 1 saturated carbocycles. The molecule has 6 nitrogen and oxygen atoms in total. The zero-order valence-electron chi connectivity index (χ0n) is 13.2. The van der Waals surface area contributed by atoms with Gasteiger partial charge in [-0.2, -0.15) is 0 Å². The number of aliphatic hydroxyl groups is 1. The number of rotatable bonds is 1. The Hall–Kier alpha value is -2.34. The minimum atomic E-state index is -0.889. The first-order chi connectivity index (χ1) is 11.6. The van der Waals surface area contributed by atoms with Crippen molar-refractivity contribution < 1.29 is 15.0 Å². The van der Waals surface area contributed by atoms with Gasteiger partial charge in [0.2, 0.25) is 0 Å². The summed E-state index contributed by atoms with van der Waals surface area (Å²) in [5.41, 5.74) is 3.27. The number of benzene rings is 1. The molecule has 24 heavy (non-hydrogen) atoms. The molecule has 3 unspecified atom stereocenters. The van der Waals surface area contributed by atoms with Crippen LogP contribution in [0.2, 0.25) is 0 Å². The van der Waals surface area contributed by atoms with E-state index in [4.69, 9.17) is 5.11 Å². The van der Waals surface area contributed by atoms with Crippen LogP contribution in [0.4, 0.5) is 4.79 Å². The SMILES string of the molecule is O=C(O)N1CC2(CCC(C3c4ccccc4-c4cncn43)C2O)C1. The Morgan fingerprint density at radius 3 is 2.88 bits per heavy atom. The lowest BCUT2D eigenvalue weighted by Crippen LogP contribution is -2.62. The zero-order valence-corrected chi connectivity index (χ0v) is 13.2. The Kier molecular flexibility index (Phi) is 2.69. The summed E-state index contributed by atoms with van der Waals surface area (Å²) >= 11 is 0. The van der Waals surface area contributed by atoms with Crippen LogP contribution < -0.4 is 0 Å². The molecule has 5 rings (SSSR count). The van der Waals surface area contributed by atoms with Gasteiger partial charge in [0.1, 0.15) is 0 Å². The van der Waals surface area contributed by atoms with Crippen molar-refractivity contribution in [2.75, 3.05) is 13.1 Å². The minimum Gasteiger partial charge on any atom is -0.465 e. The fourth-order valence-corrected chi connectivity index (χ4v) is 5.05. The number of aromatic nitrogens is 2. The van der Waals surface area contributed by atoms with Crippen molar-refractivity contribution in [2.45, 2.75) is 25.0 Å². The Labute approximate surface area is 139 Å². The molecule has 1 amide bonds. The molecule has 3 aliphatic rings. The van der Waals surface area contributed by atoms with Crippen LogP contribution in [0.25, 0.3) is 11.3 Å². The van der Waals surface area contributed by atoms with Gasteiger partial charge < -0.3 is 19.7 Å². The number of carboxylic acid groups (broad SMARTS) is 1. The predicted molar refractivity (Wildman–Crippen MR) is 86.6 cm³/mol. The maximum atomic E-state index is 11.1. The number of amides is 1. The largest absolute Gasteiger partial charge is 0.465 e. The van der Waals surface area contributed by atoms with Crippen LogP contribution in [0.3, 0.4) is 0 Å². The first kappa shape index (κ1) is 14.0. The Balaban J connectivity index is 1.49. The van der Waals surface area contributed by atoms with Gasteiger partial charge in [0, 0.05) is 30.0 Å². The Bertz CT molecular complexity index is 824. The van der Waals surface area contributed by atoms with Crippen molar-refractivity contribution in [3.63, 3.8) is 0 Å². The number of hydrogen-bond donors (Lipinski definition) is 2. The number of fused-ring (bicyclic) bond motifs is 3. The predicted octanol–water partition coefficient (Wildman–Crippen LogP) is 2.20. The van der Waals surface area contributed by atoms with Gasteiger partial charge >= 0.3 is 6.09 Å². The quantitative estimate of drug-likeness (QED) is 0.842. The van der Waals surface area contributed by atoms with Gasteiger partial charge in [-0.3, -0.25) is 0 Å². The summed E-state index contributed by atoms with van der Waals surface area (Å²) in [5, 5.41) is 20.2. The second-order valence-electron chi connectivity index (χ2n) is 7.37. The van der Waals surface area contributed by atoms with Crippen molar-refractivity contribution in [3.05, 3.63) is 42.4 Å². The summed E-state index contributed by atoms with van der Waals surface area (Å²) in [4.78, 5) is 16.8. The fraction of sp³-hybridized carbons (Fsp3) is 0.444. The average molecular weight is 325 g/mol. The molecule has 0 bridgehead atoms. The van der Waals surface area contributed by atoms with Gasteiger partial charge in [0.25, 0.3) is 0 Å². The zero-order chi connectivity index (χ0) is 16.5. The van der Waals surface area contributed by atoms with Crippen LogP contribution >= 0.6 is 0 Å². The lowest BCUT2D eigenvalue weighted by molar-refractivity contribution is -0.0765. The summed E-state index contributed by atoms with van der Waals surface area (Å²) in [6, 6.07) is 8.40. The molecule has 0 radical (unpaired) electrons. The molecule has 2 fully saturated rings. The van der Waals surface area contributed by atoms with Crippen molar-refractivity contribution in [3.8, 4) is 11.3 Å². The molecule has 1 saturated heterocycles. The van der Waals surface area contributed by atoms with Gasteiger partial charge in [0.15, 0.2) is 0 Å². The topological polar surface area (TPSA) is 78.6 Å². The maximum Gasteiger partial charge on any atom is 0.407 e. The summed E-state index contributed by atoms with van der Waals surface area (Å²) in [6.07, 6.45) is 4.14. The molecular formula is C18H19N3O3. The third-order valence-electron chi connectivity index (χ3n) is 6.22. The van der Waals surface area contributed by atoms with E-state index in [1.165, 1.54) is 16.0 Å². The molecule has 6 heteroatoms. The summed E-state index contributed by atoms with van der Waals surface area (Å²) in [7, 11) is 0. The van der Waals surface area contributed by atoms with Crippen molar-refractivity contribution in [1.29, 1.82) is 0 Å². The first-order valence-electron chi connectivity index (χ1n) is 8.38. The highest BCUT2D eigenvalue weighted by Gasteiger charge is 2.58. The van der Waals surface area contributed by atoms with E-state index in [0.717, 1.165) is 18.5 Å². The van der Waals surface area contributed by atoms with Gasteiger partial charge in [-0.25, -0.2) is 9.78 Å². The minimum absolute atomic E-state index is 0.0898. The van der Waals surface area contributed by atoms with E-state index in [9.17, 15) is 9.90 Å². The third kappa shape index (κ3) is 1.64. The van der Waals surface area contributed by atoms with E-state index >= 15 is 0 Å². The molecule has 2 N–H and O–H groups in total. The molecule has 3 heterocycles. The number of likely N-dealkylation sites (tertiary alicyclic amines) is 1. The normalized spacial score (nSPS) is 29.4. The van der Waals surface area contributed by atoms with Gasteiger partial charge in [-0.15, -0.1) is 0 Å². The Morgan fingerprint density at radius 2 is 2.08 bits per heavy atom. The number of hydrogen-bond acceptors (Lipinski definition) is 3. The summed E-state index contributed by atoms with van der Waals surface area (Å²) in [6.45, 7) is 0.899. The molecular weight excluding hydrogens is 306 g/mol. The average Bonchev–Trinajstić information content (AvgIpc) is 3.18. The van der Waals surface area contributed by atoms with Crippen LogP contribution in [0.1, 0.15) is 24.4 Å². The second kappa shape index (κ2) is 4.60. The van der Waals surface area contributed by atoms with Gasteiger partial charge in [-0.05, 0) is 18.4 Å². The van der Waals surface area contributed by atoms with Crippen LogP contribution in [0.5, 0.6) is 0 Å². The summed E-state index contributed by atoms with van der Waals surface area (Å²) < 4.78 is 2.17. The van der Waals surface area contributed by atoms with E-state index in [1.54, 1.807) is 0 Å². The lowest BCUT2D eigenvalue weighted by Gasteiger charge is -2.49. The molecule has 1 aliphatic carbocycles. The molecule has 1 aromatic heterocycles. The van der Waals surface area contributed by atoms with Crippen molar-refractivity contribution in [2.24, 2.45) is 11.3 Å². The van der Waals surface area contributed by atoms with Crippen LogP contribution in [-0.2, 0) is 0 Å². The van der Waals surface area contributed by atoms with E-state index in [-0.39, 0.29) is 17.4 Å². The molecule has 124 valence electrons. The van der Waals surface area contributed by atoms with Crippen LogP contribution in [-0.4, -0.2) is 50.0 Å². The summed E-state index contributed by atoms with van der Waals surface area (Å²) in [5.74, 6) is 0.0949. The van der Waals surface area contributed by atoms with Crippen LogP contribution in [0.15, 0.2) is 36.8 Å². The number of imidazole rings is 1. The molecule has 3 atom stereocenters. The number of nitrogens with zero attached hydrogens (tertiary/aromatic N) is 3. The Morgan fingerprint density at radius 1 is 1.29 bits per heavy atom. The monoisotopic (exact) mass is 325 g/mol. The van der Waals surface area contributed by atoms with E-state index in [1.807, 2.05) is 24.7 Å².